The SMILES string of the molecule is COC(=O)c1ccc(C(N=O)c2ccc(C(=O)OC)cc2)cc1. The Hall–Kier alpha value is -3.02. The van der Waals surface area contributed by atoms with Crippen LogP contribution in [0.3, 0.4) is 0 Å². The first kappa shape index (κ1) is 16.4. The first-order chi connectivity index (χ1) is 11.1. The van der Waals surface area contributed by atoms with Gasteiger partial charge in [-0.15, -0.1) is 4.91 Å². The van der Waals surface area contributed by atoms with E-state index in [-0.39, 0.29) is 0 Å². The third-order valence-electron chi connectivity index (χ3n) is 3.40. The van der Waals surface area contributed by atoms with Crippen molar-refractivity contribution >= 4 is 11.9 Å². The van der Waals surface area contributed by atoms with Gasteiger partial charge in [-0.3, -0.25) is 0 Å². The lowest BCUT2D eigenvalue weighted by Crippen LogP contribution is -2.04. The Labute approximate surface area is 133 Å². The van der Waals surface area contributed by atoms with Gasteiger partial charge >= 0.3 is 11.9 Å². The number of hydrogen-bond acceptors (Lipinski definition) is 6. The summed E-state index contributed by atoms with van der Waals surface area (Å²) in [5.74, 6) is -0.899. The van der Waals surface area contributed by atoms with Gasteiger partial charge in [0.25, 0.3) is 0 Å². The molecule has 0 radical (unpaired) electrons. The van der Waals surface area contributed by atoms with E-state index in [0.29, 0.717) is 22.3 Å². The average Bonchev–Trinajstić information content (AvgIpc) is 2.62. The van der Waals surface area contributed by atoms with Crippen molar-refractivity contribution in [2.75, 3.05) is 14.2 Å². The van der Waals surface area contributed by atoms with Crippen molar-refractivity contribution in [3.8, 4) is 0 Å². The maximum Gasteiger partial charge on any atom is 0.337 e. The molecule has 0 aliphatic heterocycles. The second-order valence-electron chi connectivity index (χ2n) is 4.74. The highest BCUT2D eigenvalue weighted by Gasteiger charge is 2.16. The van der Waals surface area contributed by atoms with Gasteiger partial charge in [-0.1, -0.05) is 29.4 Å². The molecule has 0 amide bonds. The Morgan fingerprint density at radius 3 is 1.39 bits per heavy atom. The molecule has 6 nitrogen and oxygen atoms in total. The van der Waals surface area contributed by atoms with Crippen LogP contribution in [-0.2, 0) is 9.47 Å². The first-order valence-corrected chi connectivity index (χ1v) is 6.79. The Morgan fingerprint density at radius 2 is 1.13 bits per heavy atom. The molecule has 0 aliphatic rings. The fourth-order valence-electron chi connectivity index (χ4n) is 2.15. The van der Waals surface area contributed by atoms with Crippen LogP contribution in [0.1, 0.15) is 37.9 Å². The summed E-state index contributed by atoms with van der Waals surface area (Å²) in [6.45, 7) is 0. The third kappa shape index (κ3) is 3.60. The average molecular weight is 313 g/mol. The third-order valence-corrected chi connectivity index (χ3v) is 3.40. The van der Waals surface area contributed by atoms with E-state index in [0.717, 1.165) is 0 Å². The van der Waals surface area contributed by atoms with E-state index >= 15 is 0 Å². The first-order valence-electron chi connectivity index (χ1n) is 6.79. The molecular weight excluding hydrogens is 298 g/mol. The molecule has 0 aromatic heterocycles. The zero-order chi connectivity index (χ0) is 16.8. The maximum absolute atomic E-state index is 11.4. The molecule has 0 fully saturated rings. The highest BCUT2D eigenvalue weighted by Crippen LogP contribution is 2.26. The van der Waals surface area contributed by atoms with Gasteiger partial charge in [-0.2, -0.15) is 0 Å². The molecule has 0 heterocycles. The number of benzene rings is 2. The van der Waals surface area contributed by atoms with Crippen LogP contribution in [0.2, 0.25) is 0 Å². The molecule has 2 aromatic rings. The zero-order valence-electron chi connectivity index (χ0n) is 12.7. The number of methoxy groups -OCH3 is 2. The van der Waals surface area contributed by atoms with Gasteiger partial charge in [0, 0.05) is 0 Å². The summed E-state index contributed by atoms with van der Waals surface area (Å²) in [6, 6.07) is 12.1. The minimum Gasteiger partial charge on any atom is -0.465 e. The van der Waals surface area contributed by atoms with E-state index in [1.54, 1.807) is 48.5 Å². The van der Waals surface area contributed by atoms with Crippen LogP contribution in [0.25, 0.3) is 0 Å². The number of nitroso groups, excluding NO2 is 1. The number of esters is 2. The van der Waals surface area contributed by atoms with E-state index in [4.69, 9.17) is 0 Å². The Bertz CT molecular complexity index is 647. The standard InChI is InChI=1S/C17H15NO5/c1-22-16(19)13-7-3-11(4-8-13)15(18-21)12-5-9-14(10-6-12)17(20)23-2/h3-10,15H,1-2H3. The molecule has 0 unspecified atom stereocenters. The van der Waals surface area contributed by atoms with Gasteiger partial charge in [0.05, 0.1) is 25.3 Å². The van der Waals surface area contributed by atoms with Crippen LogP contribution >= 0.6 is 0 Å². The summed E-state index contributed by atoms with van der Waals surface area (Å²) < 4.78 is 9.25. The molecule has 0 bridgehead atoms. The van der Waals surface area contributed by atoms with Crippen molar-refractivity contribution in [2.45, 2.75) is 6.04 Å². The lowest BCUT2D eigenvalue weighted by Gasteiger charge is -2.11. The summed E-state index contributed by atoms with van der Waals surface area (Å²) >= 11 is 0. The summed E-state index contributed by atoms with van der Waals surface area (Å²) in [5, 5.41) is 3.14. The van der Waals surface area contributed by atoms with Crippen LogP contribution in [0.15, 0.2) is 53.7 Å². The monoisotopic (exact) mass is 313 g/mol. The van der Waals surface area contributed by atoms with Gasteiger partial charge < -0.3 is 9.47 Å². The molecule has 23 heavy (non-hydrogen) atoms. The Morgan fingerprint density at radius 1 is 0.783 bits per heavy atom. The van der Waals surface area contributed by atoms with E-state index in [2.05, 4.69) is 14.7 Å². The molecule has 0 spiro atoms. The predicted octanol–water partition coefficient (Wildman–Crippen LogP) is 3.12. The molecule has 118 valence electrons. The Kier molecular flexibility index (Phi) is 5.19. The highest BCUT2D eigenvalue weighted by molar-refractivity contribution is 5.89. The maximum atomic E-state index is 11.4. The summed E-state index contributed by atoms with van der Waals surface area (Å²) in [6.07, 6.45) is 0. The normalized spacial score (nSPS) is 10.2. The lowest BCUT2D eigenvalue weighted by atomic mass is 9.97. The molecule has 0 saturated heterocycles. The van der Waals surface area contributed by atoms with Crippen LogP contribution in [0.5, 0.6) is 0 Å². The number of carbonyl (C=O) groups is 2. The molecule has 6 heteroatoms. The number of hydrogen-bond donors (Lipinski definition) is 0. The highest BCUT2D eigenvalue weighted by atomic mass is 16.5. The molecule has 2 aromatic carbocycles. The summed E-state index contributed by atoms with van der Waals surface area (Å²) in [7, 11) is 2.60. The largest absolute Gasteiger partial charge is 0.465 e. The number of carbonyl (C=O) groups excluding carboxylic acids is 2. The summed E-state index contributed by atoms with van der Waals surface area (Å²) in [4.78, 5) is 34.0. The van der Waals surface area contributed by atoms with Gasteiger partial charge in [-0.25, -0.2) is 9.59 Å². The Balaban J connectivity index is 2.27. The van der Waals surface area contributed by atoms with E-state index in [9.17, 15) is 14.5 Å². The number of rotatable bonds is 5. The van der Waals surface area contributed by atoms with Gasteiger partial charge in [-0.05, 0) is 35.4 Å². The number of ether oxygens (including phenoxy) is 2. The second-order valence-corrected chi connectivity index (χ2v) is 4.74. The molecule has 0 atom stereocenters. The molecular formula is C17H15NO5. The molecule has 0 saturated carbocycles. The van der Waals surface area contributed by atoms with Crippen LogP contribution in [0.4, 0.5) is 0 Å². The van der Waals surface area contributed by atoms with Crippen molar-refractivity contribution in [3.05, 3.63) is 75.7 Å². The topological polar surface area (TPSA) is 82.0 Å². The van der Waals surface area contributed by atoms with Crippen molar-refractivity contribution in [2.24, 2.45) is 5.18 Å². The zero-order valence-corrected chi connectivity index (χ0v) is 12.7. The van der Waals surface area contributed by atoms with Gasteiger partial charge in [0.15, 0.2) is 0 Å². The van der Waals surface area contributed by atoms with Crippen molar-refractivity contribution < 1.29 is 19.1 Å². The molecule has 2 rings (SSSR count). The predicted molar refractivity (Wildman–Crippen MR) is 83.2 cm³/mol. The van der Waals surface area contributed by atoms with Crippen molar-refractivity contribution in [1.29, 1.82) is 0 Å². The minimum atomic E-state index is -0.728. The smallest absolute Gasteiger partial charge is 0.337 e. The second kappa shape index (κ2) is 7.31. The lowest BCUT2D eigenvalue weighted by molar-refractivity contribution is 0.0592. The number of nitrogens with zero attached hydrogens (tertiary/aromatic N) is 1. The minimum absolute atomic E-state index is 0.391. The van der Waals surface area contributed by atoms with Gasteiger partial charge in [0.2, 0.25) is 0 Å². The summed E-state index contributed by atoms with van der Waals surface area (Å²) in [5.41, 5.74) is 2.06. The quantitative estimate of drug-likeness (QED) is 0.625. The van der Waals surface area contributed by atoms with Crippen molar-refractivity contribution in [3.63, 3.8) is 0 Å². The molecule has 0 aliphatic carbocycles. The van der Waals surface area contributed by atoms with Crippen molar-refractivity contribution in [1.82, 2.24) is 0 Å². The van der Waals surface area contributed by atoms with Gasteiger partial charge in [0.1, 0.15) is 6.04 Å². The van der Waals surface area contributed by atoms with Crippen LogP contribution < -0.4 is 0 Å². The van der Waals surface area contributed by atoms with Crippen LogP contribution in [0, 0.1) is 4.91 Å². The fraction of sp³-hybridized carbons (Fsp3) is 0.176. The van der Waals surface area contributed by atoms with E-state index in [1.165, 1.54) is 14.2 Å². The van der Waals surface area contributed by atoms with E-state index < -0.39 is 18.0 Å². The van der Waals surface area contributed by atoms with Crippen LogP contribution in [-0.4, -0.2) is 26.2 Å². The van der Waals surface area contributed by atoms with E-state index in [1.807, 2.05) is 0 Å². The fourth-order valence-corrected chi connectivity index (χ4v) is 2.15. The molecule has 0 N–H and O–H groups in total.